The third kappa shape index (κ3) is 3.56. The normalized spacial score (nSPS) is 20.6. The number of ether oxygens (including phenoxy) is 1. The topological polar surface area (TPSA) is 38.5 Å². The van der Waals surface area contributed by atoms with E-state index in [2.05, 4.69) is 11.8 Å². The lowest BCUT2D eigenvalue weighted by molar-refractivity contribution is 0.136. The molecule has 1 rings (SSSR count). The monoisotopic (exact) mass is 200 g/mol. The van der Waals surface area contributed by atoms with Crippen LogP contribution in [-0.2, 0) is 4.74 Å². The lowest BCUT2D eigenvalue weighted by atomic mass is 10.2. The predicted octanol–water partition coefficient (Wildman–Crippen LogP) is 1.22. The zero-order chi connectivity index (χ0) is 10.4. The van der Waals surface area contributed by atoms with Crippen LogP contribution < -0.4 is 5.73 Å². The van der Waals surface area contributed by atoms with Gasteiger partial charge in [0.25, 0.3) is 0 Å². The minimum Gasteiger partial charge on any atom is -0.383 e. The Labute approximate surface area is 87.6 Å². The summed E-state index contributed by atoms with van der Waals surface area (Å²) < 4.78 is 5.06. The van der Waals surface area contributed by atoms with Crippen LogP contribution in [0.4, 0.5) is 0 Å². The highest BCUT2D eigenvalue weighted by Crippen LogP contribution is 2.23. The standard InChI is InChI=1S/C11H24N2O/c1-3-13(8-10(12)9-14-2)11-6-4-5-7-11/h10-11H,3-9,12H2,1-2H3. The van der Waals surface area contributed by atoms with Crippen LogP contribution in [0, 0.1) is 0 Å². The van der Waals surface area contributed by atoms with Gasteiger partial charge in [-0.15, -0.1) is 0 Å². The first-order valence-electron chi connectivity index (χ1n) is 5.76. The van der Waals surface area contributed by atoms with Crippen molar-refractivity contribution in [1.29, 1.82) is 0 Å². The second-order valence-corrected chi connectivity index (χ2v) is 4.24. The zero-order valence-electron chi connectivity index (χ0n) is 9.54. The van der Waals surface area contributed by atoms with Gasteiger partial charge in [0.15, 0.2) is 0 Å². The summed E-state index contributed by atoms with van der Waals surface area (Å²) in [5.74, 6) is 0. The molecule has 0 radical (unpaired) electrons. The Morgan fingerprint density at radius 3 is 2.57 bits per heavy atom. The second kappa shape index (κ2) is 6.38. The van der Waals surface area contributed by atoms with Gasteiger partial charge in [0.1, 0.15) is 0 Å². The summed E-state index contributed by atoms with van der Waals surface area (Å²) in [5, 5.41) is 0. The SMILES string of the molecule is CCN(CC(N)COC)C1CCCC1. The van der Waals surface area contributed by atoms with E-state index in [9.17, 15) is 0 Å². The van der Waals surface area contributed by atoms with Crippen molar-refractivity contribution in [2.45, 2.75) is 44.7 Å². The van der Waals surface area contributed by atoms with Crippen molar-refractivity contribution in [2.24, 2.45) is 5.73 Å². The highest BCUT2D eigenvalue weighted by molar-refractivity contribution is 4.79. The number of hydrogen-bond donors (Lipinski definition) is 1. The number of nitrogens with zero attached hydrogens (tertiary/aromatic N) is 1. The van der Waals surface area contributed by atoms with Crippen molar-refractivity contribution < 1.29 is 4.74 Å². The number of hydrogen-bond acceptors (Lipinski definition) is 3. The number of nitrogens with two attached hydrogens (primary N) is 1. The third-order valence-corrected chi connectivity index (χ3v) is 3.10. The minimum atomic E-state index is 0.167. The van der Waals surface area contributed by atoms with E-state index < -0.39 is 0 Å². The average Bonchev–Trinajstić information content (AvgIpc) is 2.67. The van der Waals surface area contributed by atoms with E-state index in [1.807, 2.05) is 0 Å². The van der Waals surface area contributed by atoms with Crippen LogP contribution in [0.25, 0.3) is 0 Å². The molecule has 1 atom stereocenters. The summed E-state index contributed by atoms with van der Waals surface area (Å²) in [6.45, 7) is 4.98. The van der Waals surface area contributed by atoms with E-state index in [1.165, 1.54) is 25.7 Å². The zero-order valence-corrected chi connectivity index (χ0v) is 9.54. The van der Waals surface area contributed by atoms with Crippen LogP contribution in [0.5, 0.6) is 0 Å². The van der Waals surface area contributed by atoms with Crippen LogP contribution in [0.2, 0.25) is 0 Å². The number of likely N-dealkylation sites (N-methyl/N-ethyl adjacent to an activating group) is 1. The van der Waals surface area contributed by atoms with Crippen molar-refractivity contribution >= 4 is 0 Å². The van der Waals surface area contributed by atoms with E-state index in [0.29, 0.717) is 6.61 Å². The number of methoxy groups -OCH3 is 1. The van der Waals surface area contributed by atoms with Crippen LogP contribution in [0.1, 0.15) is 32.6 Å². The Bertz CT molecular complexity index is 146. The average molecular weight is 200 g/mol. The molecule has 0 aromatic carbocycles. The highest BCUT2D eigenvalue weighted by Gasteiger charge is 2.22. The van der Waals surface area contributed by atoms with Gasteiger partial charge in [-0.3, -0.25) is 4.90 Å². The number of rotatable bonds is 6. The van der Waals surface area contributed by atoms with Gasteiger partial charge in [-0.2, -0.15) is 0 Å². The predicted molar refractivity (Wildman–Crippen MR) is 59.4 cm³/mol. The molecule has 0 spiro atoms. The molecule has 1 unspecified atom stereocenters. The molecule has 0 aliphatic heterocycles. The van der Waals surface area contributed by atoms with E-state index in [1.54, 1.807) is 7.11 Å². The Hall–Kier alpha value is -0.120. The molecule has 0 saturated heterocycles. The first-order valence-corrected chi connectivity index (χ1v) is 5.76. The van der Waals surface area contributed by atoms with E-state index in [-0.39, 0.29) is 6.04 Å². The molecule has 3 heteroatoms. The van der Waals surface area contributed by atoms with Crippen molar-refractivity contribution in [3.05, 3.63) is 0 Å². The summed E-state index contributed by atoms with van der Waals surface area (Å²) in [5.41, 5.74) is 5.96. The largest absolute Gasteiger partial charge is 0.383 e. The molecule has 0 aromatic rings. The van der Waals surface area contributed by atoms with Crippen molar-refractivity contribution in [3.63, 3.8) is 0 Å². The molecule has 0 heterocycles. The highest BCUT2D eigenvalue weighted by atomic mass is 16.5. The van der Waals surface area contributed by atoms with Crippen LogP contribution in [0.3, 0.4) is 0 Å². The molecule has 1 saturated carbocycles. The van der Waals surface area contributed by atoms with Gasteiger partial charge in [0.05, 0.1) is 6.61 Å². The molecule has 14 heavy (non-hydrogen) atoms. The molecule has 0 bridgehead atoms. The lowest BCUT2D eigenvalue weighted by Crippen LogP contribution is -2.44. The molecule has 1 fully saturated rings. The van der Waals surface area contributed by atoms with Gasteiger partial charge >= 0.3 is 0 Å². The summed E-state index contributed by atoms with van der Waals surface area (Å²) in [6, 6.07) is 0.948. The van der Waals surface area contributed by atoms with Crippen molar-refractivity contribution in [1.82, 2.24) is 4.90 Å². The molecule has 1 aliphatic carbocycles. The summed E-state index contributed by atoms with van der Waals surface area (Å²) in [4.78, 5) is 2.51. The quantitative estimate of drug-likeness (QED) is 0.701. The smallest absolute Gasteiger partial charge is 0.0626 e. The first-order chi connectivity index (χ1) is 6.77. The Kier molecular flexibility index (Phi) is 5.45. The maximum absolute atomic E-state index is 5.96. The fourth-order valence-electron chi connectivity index (χ4n) is 2.37. The van der Waals surface area contributed by atoms with E-state index >= 15 is 0 Å². The Balaban J connectivity index is 2.29. The third-order valence-electron chi connectivity index (χ3n) is 3.10. The molecular formula is C11H24N2O. The summed E-state index contributed by atoms with van der Waals surface area (Å²) >= 11 is 0. The lowest BCUT2D eigenvalue weighted by Gasteiger charge is -2.29. The molecule has 2 N–H and O–H groups in total. The molecule has 0 aromatic heterocycles. The molecule has 1 aliphatic rings. The van der Waals surface area contributed by atoms with Crippen molar-refractivity contribution in [3.8, 4) is 0 Å². The van der Waals surface area contributed by atoms with Crippen LogP contribution in [-0.4, -0.2) is 43.8 Å². The Morgan fingerprint density at radius 2 is 2.07 bits per heavy atom. The van der Waals surface area contributed by atoms with E-state index in [4.69, 9.17) is 10.5 Å². The maximum atomic E-state index is 5.96. The van der Waals surface area contributed by atoms with E-state index in [0.717, 1.165) is 19.1 Å². The fourth-order valence-corrected chi connectivity index (χ4v) is 2.37. The summed E-state index contributed by atoms with van der Waals surface area (Å²) in [6.07, 6.45) is 5.49. The summed E-state index contributed by atoms with van der Waals surface area (Å²) in [7, 11) is 1.71. The van der Waals surface area contributed by atoms with Gasteiger partial charge in [0.2, 0.25) is 0 Å². The van der Waals surface area contributed by atoms with Gasteiger partial charge in [-0.1, -0.05) is 19.8 Å². The Morgan fingerprint density at radius 1 is 1.43 bits per heavy atom. The molecule has 0 amide bonds. The second-order valence-electron chi connectivity index (χ2n) is 4.24. The molecule has 3 nitrogen and oxygen atoms in total. The van der Waals surface area contributed by atoms with Crippen LogP contribution >= 0.6 is 0 Å². The van der Waals surface area contributed by atoms with Crippen molar-refractivity contribution in [2.75, 3.05) is 26.8 Å². The maximum Gasteiger partial charge on any atom is 0.0626 e. The van der Waals surface area contributed by atoms with Gasteiger partial charge in [-0.25, -0.2) is 0 Å². The van der Waals surface area contributed by atoms with Gasteiger partial charge in [0, 0.05) is 25.7 Å². The molecule has 84 valence electrons. The fraction of sp³-hybridized carbons (Fsp3) is 1.00. The first kappa shape index (κ1) is 12.0. The van der Waals surface area contributed by atoms with Gasteiger partial charge < -0.3 is 10.5 Å². The minimum absolute atomic E-state index is 0.167. The molecular weight excluding hydrogens is 176 g/mol. The van der Waals surface area contributed by atoms with Crippen LogP contribution in [0.15, 0.2) is 0 Å². The van der Waals surface area contributed by atoms with Gasteiger partial charge in [-0.05, 0) is 19.4 Å².